The Balaban J connectivity index is 1.15. The number of nitrogens with zero attached hydrogens (tertiary/aromatic N) is 3. The summed E-state index contributed by atoms with van der Waals surface area (Å²) >= 11 is 0. The molecule has 10 aromatic rings. The van der Waals surface area contributed by atoms with Crippen molar-refractivity contribution in [1.82, 2.24) is 4.57 Å². The summed E-state index contributed by atoms with van der Waals surface area (Å²) in [4.78, 5) is 4.26. The molecule has 0 bridgehead atoms. The van der Waals surface area contributed by atoms with Gasteiger partial charge in [-0.05, 0) is 144 Å². The third-order valence-electron chi connectivity index (χ3n) is 10.8. The molecule has 0 radical (unpaired) electrons. The molecule has 0 amide bonds. The van der Waals surface area contributed by atoms with Crippen molar-refractivity contribution in [2.45, 2.75) is 0 Å². The Kier molecular flexibility index (Phi) is 9.24. The van der Waals surface area contributed by atoms with Crippen LogP contribution in [-0.2, 0) is 0 Å². The van der Waals surface area contributed by atoms with E-state index in [0.29, 0.717) is 0 Å². The van der Waals surface area contributed by atoms with Gasteiger partial charge in [0.15, 0.2) is 0 Å². The van der Waals surface area contributed by atoms with Crippen LogP contribution in [0.4, 0.5) is 42.9 Å². The first-order valence-corrected chi connectivity index (χ1v) is 19.6. The standard InChI is InChI=1S/C54H37F2N3/c55-41-26-30-45(31-27-41)57(46-32-28-42(56)29-33-46)48-22-13-23-49(37-48)58(43-17-6-2-7-18-43)47-21-12-16-39(34-47)40-35-51(38-14-4-1-5-15-38)54-50-24-10-11-25-52(50)59(53(54)36-40)44-19-8-3-9-20-44/h1-37H. The predicted octanol–water partition coefficient (Wildman–Crippen LogP) is 15.3. The van der Waals surface area contributed by atoms with Gasteiger partial charge in [-0.1, -0.05) is 103 Å². The lowest BCUT2D eigenvalue weighted by Gasteiger charge is -2.29. The van der Waals surface area contributed by atoms with Crippen LogP contribution >= 0.6 is 0 Å². The second-order valence-electron chi connectivity index (χ2n) is 14.5. The maximum Gasteiger partial charge on any atom is 0.123 e. The molecule has 59 heavy (non-hydrogen) atoms. The molecule has 1 aromatic heterocycles. The Hall–Kier alpha value is -7.76. The minimum absolute atomic E-state index is 0.326. The Bertz CT molecular complexity index is 3010. The van der Waals surface area contributed by atoms with E-state index in [9.17, 15) is 8.78 Å². The second-order valence-corrected chi connectivity index (χ2v) is 14.5. The van der Waals surface area contributed by atoms with E-state index in [4.69, 9.17) is 0 Å². The molecule has 282 valence electrons. The van der Waals surface area contributed by atoms with E-state index in [0.717, 1.165) is 67.5 Å². The number of anilines is 6. The van der Waals surface area contributed by atoms with E-state index in [1.807, 2.05) is 35.2 Å². The molecule has 0 atom stereocenters. The highest BCUT2D eigenvalue weighted by Crippen LogP contribution is 2.44. The number of halogens is 2. The normalized spacial score (nSPS) is 11.2. The number of hydrogen-bond donors (Lipinski definition) is 0. The summed E-state index contributed by atoms with van der Waals surface area (Å²) in [5.74, 6) is -0.651. The molecule has 0 aliphatic carbocycles. The molecule has 0 spiro atoms. The number of hydrogen-bond acceptors (Lipinski definition) is 2. The van der Waals surface area contributed by atoms with Crippen LogP contribution in [0.15, 0.2) is 224 Å². The summed E-state index contributed by atoms with van der Waals surface area (Å²) in [5, 5.41) is 2.42. The molecule has 1 heterocycles. The highest BCUT2D eigenvalue weighted by atomic mass is 19.1. The van der Waals surface area contributed by atoms with Crippen LogP contribution in [0.2, 0.25) is 0 Å². The van der Waals surface area contributed by atoms with Crippen molar-refractivity contribution in [1.29, 1.82) is 0 Å². The Labute approximate surface area is 341 Å². The first-order chi connectivity index (χ1) is 29.1. The first kappa shape index (κ1) is 35.6. The van der Waals surface area contributed by atoms with Crippen molar-refractivity contribution < 1.29 is 8.78 Å². The number of rotatable bonds is 9. The van der Waals surface area contributed by atoms with Gasteiger partial charge in [-0.15, -0.1) is 0 Å². The monoisotopic (exact) mass is 765 g/mol. The zero-order chi connectivity index (χ0) is 39.7. The highest BCUT2D eigenvalue weighted by Gasteiger charge is 2.21. The van der Waals surface area contributed by atoms with E-state index in [-0.39, 0.29) is 11.6 Å². The van der Waals surface area contributed by atoms with Gasteiger partial charge in [0.2, 0.25) is 0 Å². The summed E-state index contributed by atoms with van der Waals surface area (Å²) in [6, 6.07) is 74.5. The zero-order valence-corrected chi connectivity index (χ0v) is 32.0. The fourth-order valence-corrected chi connectivity index (χ4v) is 8.21. The molecule has 0 aliphatic heterocycles. The van der Waals surface area contributed by atoms with Crippen molar-refractivity contribution in [3.8, 4) is 27.9 Å². The first-order valence-electron chi connectivity index (χ1n) is 19.6. The number of benzene rings is 9. The van der Waals surface area contributed by atoms with Crippen molar-refractivity contribution in [3.05, 3.63) is 236 Å². The van der Waals surface area contributed by atoms with Crippen molar-refractivity contribution in [3.63, 3.8) is 0 Å². The van der Waals surface area contributed by atoms with Crippen LogP contribution in [0.5, 0.6) is 0 Å². The van der Waals surface area contributed by atoms with Crippen LogP contribution in [0.1, 0.15) is 0 Å². The fourth-order valence-electron chi connectivity index (χ4n) is 8.21. The van der Waals surface area contributed by atoms with E-state index in [1.54, 1.807) is 24.3 Å². The molecule has 5 heteroatoms. The summed E-state index contributed by atoms with van der Waals surface area (Å²) in [6.07, 6.45) is 0. The average Bonchev–Trinajstić information content (AvgIpc) is 3.63. The molecule has 10 rings (SSSR count). The van der Waals surface area contributed by atoms with Gasteiger partial charge in [-0.3, -0.25) is 0 Å². The summed E-state index contributed by atoms with van der Waals surface area (Å²) in [5.41, 5.74) is 13.1. The van der Waals surface area contributed by atoms with Gasteiger partial charge >= 0.3 is 0 Å². The van der Waals surface area contributed by atoms with Gasteiger partial charge in [0.05, 0.1) is 11.0 Å². The van der Waals surface area contributed by atoms with Crippen LogP contribution < -0.4 is 9.80 Å². The van der Waals surface area contributed by atoms with Gasteiger partial charge in [-0.25, -0.2) is 8.78 Å². The maximum atomic E-state index is 14.2. The third-order valence-corrected chi connectivity index (χ3v) is 10.8. The van der Waals surface area contributed by atoms with E-state index >= 15 is 0 Å². The molecule has 0 fully saturated rings. The Morgan fingerprint density at radius 1 is 0.322 bits per heavy atom. The lowest BCUT2D eigenvalue weighted by molar-refractivity contribution is 0.628. The lowest BCUT2D eigenvalue weighted by Crippen LogP contribution is -2.13. The lowest BCUT2D eigenvalue weighted by atomic mass is 9.94. The minimum atomic E-state index is -0.326. The van der Waals surface area contributed by atoms with Gasteiger partial charge in [0.25, 0.3) is 0 Å². The molecular weight excluding hydrogens is 729 g/mol. The molecule has 0 N–H and O–H groups in total. The smallest absolute Gasteiger partial charge is 0.123 e. The molecule has 0 unspecified atom stereocenters. The SMILES string of the molecule is Fc1ccc(N(c2ccc(F)cc2)c2cccc(N(c3ccccc3)c3cccc(-c4cc(-c5ccccc5)c5c6ccccc6n(-c6ccccc6)c5c4)c3)c2)cc1. The van der Waals surface area contributed by atoms with Crippen molar-refractivity contribution in [2.24, 2.45) is 0 Å². The zero-order valence-electron chi connectivity index (χ0n) is 32.0. The molecule has 0 aliphatic rings. The highest BCUT2D eigenvalue weighted by molar-refractivity contribution is 6.17. The maximum absolute atomic E-state index is 14.2. The van der Waals surface area contributed by atoms with E-state index < -0.39 is 0 Å². The van der Waals surface area contributed by atoms with Crippen LogP contribution in [0.3, 0.4) is 0 Å². The van der Waals surface area contributed by atoms with E-state index in [1.165, 1.54) is 40.6 Å². The van der Waals surface area contributed by atoms with Crippen LogP contribution in [-0.4, -0.2) is 4.57 Å². The van der Waals surface area contributed by atoms with Gasteiger partial charge in [-0.2, -0.15) is 0 Å². The van der Waals surface area contributed by atoms with Crippen molar-refractivity contribution in [2.75, 3.05) is 9.80 Å². The number of fused-ring (bicyclic) bond motifs is 3. The predicted molar refractivity (Wildman–Crippen MR) is 241 cm³/mol. The fraction of sp³-hybridized carbons (Fsp3) is 0. The number of aromatic nitrogens is 1. The second kappa shape index (κ2) is 15.3. The number of para-hydroxylation sites is 3. The summed E-state index contributed by atoms with van der Waals surface area (Å²) in [7, 11) is 0. The summed E-state index contributed by atoms with van der Waals surface area (Å²) in [6.45, 7) is 0. The van der Waals surface area contributed by atoms with Crippen LogP contribution in [0, 0.1) is 11.6 Å². The minimum Gasteiger partial charge on any atom is -0.310 e. The largest absolute Gasteiger partial charge is 0.310 e. The topological polar surface area (TPSA) is 11.4 Å². The van der Waals surface area contributed by atoms with Gasteiger partial charge in [0.1, 0.15) is 11.6 Å². The quantitative estimate of drug-likeness (QED) is 0.145. The average molecular weight is 766 g/mol. The third kappa shape index (κ3) is 6.79. The van der Waals surface area contributed by atoms with E-state index in [2.05, 4.69) is 155 Å². The van der Waals surface area contributed by atoms with Gasteiger partial charge in [0, 0.05) is 50.6 Å². The van der Waals surface area contributed by atoms with Crippen molar-refractivity contribution >= 4 is 55.9 Å². The van der Waals surface area contributed by atoms with Gasteiger partial charge < -0.3 is 14.4 Å². The van der Waals surface area contributed by atoms with Crippen LogP contribution in [0.25, 0.3) is 49.7 Å². The molecule has 3 nitrogen and oxygen atoms in total. The molecule has 0 saturated carbocycles. The molecule has 9 aromatic carbocycles. The Morgan fingerprint density at radius 2 is 0.797 bits per heavy atom. The molecular formula is C54H37F2N3. The summed E-state index contributed by atoms with van der Waals surface area (Å²) < 4.78 is 30.7. The Morgan fingerprint density at radius 3 is 1.44 bits per heavy atom. The molecule has 0 saturated heterocycles.